The van der Waals surface area contributed by atoms with E-state index in [1.807, 2.05) is 75.3 Å². The maximum atomic E-state index is 12.8. The van der Waals surface area contributed by atoms with Crippen LogP contribution in [0.25, 0.3) is 10.9 Å². The van der Waals surface area contributed by atoms with Gasteiger partial charge in [-0.2, -0.15) is 4.98 Å². The molecular formula is C25H32N6OS. The lowest BCUT2D eigenvalue weighted by Gasteiger charge is -2.34. The van der Waals surface area contributed by atoms with E-state index in [1.54, 1.807) is 4.31 Å². The van der Waals surface area contributed by atoms with Crippen LogP contribution in [0, 0.1) is 13.8 Å². The van der Waals surface area contributed by atoms with Gasteiger partial charge in [0.05, 0.1) is 5.52 Å². The molecular weight excluding hydrogens is 432 g/mol. The minimum absolute atomic E-state index is 0.0892. The molecule has 8 heteroatoms. The first-order valence-electron chi connectivity index (χ1n) is 11.4. The number of anilines is 3. The SMILES string of the molecule is Cc1cccc(NC(=O)N(S)C2CCC(Nc3nc(N(C)C)c4ccccc4n3)CC2)c1C. The van der Waals surface area contributed by atoms with Gasteiger partial charge in [0.15, 0.2) is 0 Å². The lowest BCUT2D eigenvalue weighted by Crippen LogP contribution is -2.40. The summed E-state index contributed by atoms with van der Waals surface area (Å²) >= 11 is 4.53. The van der Waals surface area contributed by atoms with E-state index < -0.39 is 0 Å². The summed E-state index contributed by atoms with van der Waals surface area (Å²) in [7, 11) is 3.99. The Hall–Kier alpha value is -3.00. The first-order valence-corrected chi connectivity index (χ1v) is 11.8. The molecule has 0 aliphatic heterocycles. The van der Waals surface area contributed by atoms with Crippen molar-refractivity contribution in [3.8, 4) is 0 Å². The number of carbonyl (C=O) groups excluding carboxylic acids is 1. The fraction of sp³-hybridized carbons (Fsp3) is 0.400. The molecule has 33 heavy (non-hydrogen) atoms. The number of thiol groups is 1. The molecule has 0 atom stereocenters. The maximum Gasteiger partial charge on any atom is 0.331 e. The Bertz CT molecular complexity index is 1140. The van der Waals surface area contributed by atoms with Crippen molar-refractivity contribution in [3.05, 3.63) is 53.6 Å². The summed E-state index contributed by atoms with van der Waals surface area (Å²) in [6.45, 7) is 4.06. The van der Waals surface area contributed by atoms with Crippen LogP contribution < -0.4 is 15.5 Å². The Morgan fingerprint density at radius 3 is 2.45 bits per heavy atom. The third kappa shape index (κ3) is 5.16. The molecule has 7 nitrogen and oxygen atoms in total. The van der Waals surface area contributed by atoms with Gasteiger partial charge in [0.1, 0.15) is 5.82 Å². The van der Waals surface area contributed by atoms with E-state index in [4.69, 9.17) is 9.97 Å². The van der Waals surface area contributed by atoms with Crippen LogP contribution >= 0.6 is 12.8 Å². The molecule has 4 rings (SSSR count). The largest absolute Gasteiger partial charge is 0.362 e. The number of aromatic nitrogens is 2. The molecule has 3 aromatic rings. The highest BCUT2D eigenvalue weighted by atomic mass is 32.1. The predicted molar refractivity (Wildman–Crippen MR) is 139 cm³/mol. The van der Waals surface area contributed by atoms with E-state index in [0.717, 1.165) is 59.2 Å². The highest BCUT2D eigenvalue weighted by Gasteiger charge is 2.28. The van der Waals surface area contributed by atoms with E-state index in [1.165, 1.54) is 0 Å². The predicted octanol–water partition coefficient (Wildman–Crippen LogP) is 5.41. The minimum Gasteiger partial charge on any atom is -0.362 e. The van der Waals surface area contributed by atoms with Gasteiger partial charge in [-0.15, -0.1) is 0 Å². The first-order chi connectivity index (χ1) is 15.8. The number of nitrogens with zero attached hydrogens (tertiary/aromatic N) is 4. The van der Waals surface area contributed by atoms with E-state index in [-0.39, 0.29) is 18.1 Å². The topological polar surface area (TPSA) is 73.4 Å². The van der Waals surface area contributed by atoms with Crippen LogP contribution in [0.15, 0.2) is 42.5 Å². The molecule has 0 radical (unpaired) electrons. The van der Waals surface area contributed by atoms with Gasteiger partial charge in [0, 0.05) is 37.3 Å². The molecule has 1 saturated carbocycles. The normalized spacial score (nSPS) is 18.1. The number of urea groups is 1. The number of fused-ring (bicyclic) bond motifs is 1. The average Bonchev–Trinajstić information content (AvgIpc) is 2.81. The summed E-state index contributed by atoms with van der Waals surface area (Å²) in [5, 5.41) is 7.56. The maximum absolute atomic E-state index is 12.8. The number of benzene rings is 2. The van der Waals surface area contributed by atoms with Crippen LogP contribution in [0.5, 0.6) is 0 Å². The van der Waals surface area contributed by atoms with Crippen LogP contribution in [0.3, 0.4) is 0 Å². The fourth-order valence-corrected chi connectivity index (χ4v) is 4.62. The first kappa shape index (κ1) is 23.2. The summed E-state index contributed by atoms with van der Waals surface area (Å²) in [6.07, 6.45) is 3.59. The zero-order chi connectivity index (χ0) is 23.5. The highest BCUT2D eigenvalue weighted by molar-refractivity contribution is 7.78. The monoisotopic (exact) mass is 464 g/mol. The Balaban J connectivity index is 1.37. The second kappa shape index (κ2) is 9.87. The average molecular weight is 465 g/mol. The van der Waals surface area contributed by atoms with E-state index in [2.05, 4.69) is 23.4 Å². The van der Waals surface area contributed by atoms with Crippen molar-refractivity contribution in [2.24, 2.45) is 0 Å². The summed E-state index contributed by atoms with van der Waals surface area (Å²) in [5.74, 6) is 1.55. The number of amides is 2. The minimum atomic E-state index is -0.183. The number of aryl methyl sites for hydroxylation is 1. The Kier molecular flexibility index (Phi) is 6.93. The summed E-state index contributed by atoms with van der Waals surface area (Å²) in [6, 6.07) is 14.1. The summed E-state index contributed by atoms with van der Waals surface area (Å²) in [4.78, 5) is 24.3. The number of hydrogen-bond acceptors (Lipinski definition) is 6. The van der Waals surface area contributed by atoms with E-state index in [9.17, 15) is 4.79 Å². The molecule has 0 unspecified atom stereocenters. The van der Waals surface area contributed by atoms with E-state index >= 15 is 0 Å². The van der Waals surface area contributed by atoms with Gasteiger partial charge in [-0.1, -0.05) is 37.1 Å². The molecule has 0 saturated heterocycles. The molecule has 1 aromatic heterocycles. The van der Waals surface area contributed by atoms with Crippen molar-refractivity contribution in [3.63, 3.8) is 0 Å². The van der Waals surface area contributed by atoms with Crippen molar-refractivity contribution in [2.45, 2.75) is 51.6 Å². The molecule has 1 aliphatic carbocycles. The molecule has 1 heterocycles. The number of carbonyl (C=O) groups is 1. The van der Waals surface area contributed by atoms with Gasteiger partial charge in [-0.25, -0.2) is 9.78 Å². The van der Waals surface area contributed by atoms with Gasteiger partial charge >= 0.3 is 6.03 Å². The molecule has 1 aliphatic rings. The van der Waals surface area contributed by atoms with Gasteiger partial charge in [-0.3, -0.25) is 4.31 Å². The molecule has 2 aromatic carbocycles. The quantitative estimate of drug-likeness (QED) is 0.440. The molecule has 0 spiro atoms. The standard InChI is InChI=1S/C25H32N6OS/c1-16-8-7-11-21(17(16)2)28-25(32)31(33)19-14-12-18(13-15-19)26-24-27-22-10-6-5-9-20(22)23(29-24)30(3)4/h5-11,18-19,33H,12-15H2,1-4H3,(H,28,32)(H,26,27,29). The molecule has 1 fully saturated rings. The van der Waals surface area contributed by atoms with E-state index in [0.29, 0.717) is 5.95 Å². The van der Waals surface area contributed by atoms with Crippen molar-refractivity contribution >= 4 is 47.2 Å². The van der Waals surface area contributed by atoms with Crippen LogP contribution in [0.4, 0.5) is 22.2 Å². The van der Waals surface area contributed by atoms with Crippen molar-refractivity contribution in [1.29, 1.82) is 0 Å². The summed E-state index contributed by atoms with van der Waals surface area (Å²) in [5.41, 5.74) is 3.99. The molecule has 0 bridgehead atoms. The van der Waals surface area contributed by atoms with Gasteiger partial charge in [-0.05, 0) is 68.9 Å². The zero-order valence-electron chi connectivity index (χ0n) is 19.7. The smallest absolute Gasteiger partial charge is 0.331 e. The molecule has 174 valence electrons. The lowest BCUT2D eigenvalue weighted by molar-refractivity contribution is 0.217. The van der Waals surface area contributed by atoms with Crippen molar-refractivity contribution < 1.29 is 4.79 Å². The Morgan fingerprint density at radius 2 is 1.73 bits per heavy atom. The number of hydrogen-bond donors (Lipinski definition) is 3. The van der Waals surface area contributed by atoms with Gasteiger partial charge < -0.3 is 15.5 Å². The molecule has 2 amide bonds. The van der Waals surface area contributed by atoms with Gasteiger partial charge in [0.25, 0.3) is 0 Å². The van der Waals surface area contributed by atoms with Crippen molar-refractivity contribution in [2.75, 3.05) is 29.6 Å². The highest BCUT2D eigenvalue weighted by Crippen LogP contribution is 2.29. The molecule has 2 N–H and O–H groups in total. The fourth-order valence-electron chi connectivity index (χ4n) is 4.34. The van der Waals surface area contributed by atoms with Crippen LogP contribution in [0.1, 0.15) is 36.8 Å². The second-order valence-corrected chi connectivity index (χ2v) is 9.39. The van der Waals surface area contributed by atoms with Crippen LogP contribution in [0.2, 0.25) is 0 Å². The van der Waals surface area contributed by atoms with Crippen LogP contribution in [-0.2, 0) is 0 Å². The van der Waals surface area contributed by atoms with Crippen molar-refractivity contribution in [1.82, 2.24) is 14.3 Å². The third-order valence-corrected chi connectivity index (χ3v) is 6.95. The number of nitrogens with one attached hydrogen (secondary N) is 2. The van der Waals surface area contributed by atoms with Gasteiger partial charge in [0.2, 0.25) is 5.95 Å². The summed E-state index contributed by atoms with van der Waals surface area (Å²) < 4.78 is 1.55. The number of rotatable bonds is 5. The zero-order valence-corrected chi connectivity index (χ0v) is 20.6. The Labute approximate surface area is 201 Å². The lowest BCUT2D eigenvalue weighted by atomic mass is 9.91. The second-order valence-electron chi connectivity index (χ2n) is 8.95. The van der Waals surface area contributed by atoms with Crippen LogP contribution in [-0.4, -0.2) is 46.5 Å². The number of para-hydroxylation sites is 1. The Morgan fingerprint density at radius 1 is 1.00 bits per heavy atom. The third-order valence-electron chi connectivity index (χ3n) is 6.44.